The van der Waals surface area contributed by atoms with E-state index < -0.39 is 5.97 Å². The fourth-order valence-corrected chi connectivity index (χ4v) is 3.50. The summed E-state index contributed by atoms with van der Waals surface area (Å²) in [5.74, 6) is -0.295. The molecular formula is C16H20N4O2S. The highest BCUT2D eigenvalue weighted by molar-refractivity contribution is 7.80. The second-order valence-corrected chi connectivity index (χ2v) is 6.39. The summed E-state index contributed by atoms with van der Waals surface area (Å²) in [6, 6.07) is 7.09. The first-order valence-electron chi connectivity index (χ1n) is 7.78. The van der Waals surface area contributed by atoms with Gasteiger partial charge in [-0.3, -0.25) is 5.43 Å². The van der Waals surface area contributed by atoms with Crippen molar-refractivity contribution in [3.8, 4) is 0 Å². The lowest BCUT2D eigenvalue weighted by Crippen LogP contribution is -2.58. The van der Waals surface area contributed by atoms with E-state index in [1.807, 2.05) is 0 Å². The van der Waals surface area contributed by atoms with Crippen LogP contribution in [0.1, 0.15) is 28.8 Å². The van der Waals surface area contributed by atoms with Crippen molar-refractivity contribution in [3.63, 3.8) is 0 Å². The highest BCUT2D eigenvalue weighted by atomic mass is 32.1. The summed E-state index contributed by atoms with van der Waals surface area (Å²) in [5.41, 5.74) is 3.54. The molecule has 122 valence electrons. The van der Waals surface area contributed by atoms with E-state index in [1.54, 1.807) is 24.3 Å². The molecule has 0 spiro atoms. The van der Waals surface area contributed by atoms with Crippen LogP contribution >= 0.6 is 12.2 Å². The zero-order chi connectivity index (χ0) is 16.2. The Bertz CT molecular complexity index is 626. The van der Waals surface area contributed by atoms with E-state index in [0.717, 1.165) is 6.54 Å². The number of thiocarbonyl (C=S) groups is 1. The molecule has 3 N–H and O–H groups in total. The Kier molecular flexibility index (Phi) is 4.88. The third-order valence-electron chi connectivity index (χ3n) is 4.53. The number of carboxylic acid groups (broad SMARTS) is 1. The number of fused-ring (bicyclic) bond motifs is 3. The normalized spacial score (nSPS) is 26.2. The van der Waals surface area contributed by atoms with Gasteiger partial charge in [0.25, 0.3) is 0 Å². The van der Waals surface area contributed by atoms with Gasteiger partial charge in [0, 0.05) is 18.2 Å². The molecule has 0 aliphatic carbocycles. The van der Waals surface area contributed by atoms with Gasteiger partial charge in [-0.2, -0.15) is 5.10 Å². The van der Waals surface area contributed by atoms with Gasteiger partial charge in [0.05, 0.1) is 11.8 Å². The molecular weight excluding hydrogens is 312 g/mol. The van der Waals surface area contributed by atoms with Crippen LogP contribution in [-0.4, -0.2) is 53.0 Å². The summed E-state index contributed by atoms with van der Waals surface area (Å²) in [6.07, 6.45) is 3.92. The molecule has 1 unspecified atom stereocenters. The molecule has 1 aromatic rings. The SMILES string of the molecule is O=C(O)c1ccccc1/C=N/NC(=S)NC1CN2CCC1CC2. The van der Waals surface area contributed by atoms with E-state index in [2.05, 4.69) is 20.7 Å². The Hall–Kier alpha value is -1.99. The molecule has 0 saturated carbocycles. The van der Waals surface area contributed by atoms with Crippen molar-refractivity contribution >= 4 is 29.5 Å². The number of nitrogens with zero attached hydrogens (tertiary/aromatic N) is 2. The van der Waals surface area contributed by atoms with Gasteiger partial charge >= 0.3 is 5.97 Å². The maximum Gasteiger partial charge on any atom is 0.336 e. The van der Waals surface area contributed by atoms with Gasteiger partial charge in [0.2, 0.25) is 0 Å². The smallest absolute Gasteiger partial charge is 0.336 e. The number of carbonyl (C=O) groups is 1. The molecule has 23 heavy (non-hydrogen) atoms. The molecule has 1 aromatic carbocycles. The molecule has 1 atom stereocenters. The van der Waals surface area contributed by atoms with Crippen molar-refractivity contribution in [2.75, 3.05) is 19.6 Å². The summed E-state index contributed by atoms with van der Waals surface area (Å²) in [7, 11) is 0. The minimum Gasteiger partial charge on any atom is -0.478 e. The molecule has 3 aliphatic rings. The molecule has 0 amide bonds. The number of aromatic carboxylic acids is 1. The van der Waals surface area contributed by atoms with Crippen LogP contribution in [0, 0.1) is 5.92 Å². The summed E-state index contributed by atoms with van der Waals surface area (Å²) in [5, 5.41) is 17.0. The molecule has 6 nitrogen and oxygen atoms in total. The predicted octanol–water partition coefficient (Wildman–Crippen LogP) is 1.28. The van der Waals surface area contributed by atoms with Crippen molar-refractivity contribution in [2.45, 2.75) is 18.9 Å². The third kappa shape index (κ3) is 3.86. The van der Waals surface area contributed by atoms with Crippen LogP contribution in [-0.2, 0) is 0 Å². The molecule has 3 heterocycles. The van der Waals surface area contributed by atoms with Crippen LogP contribution in [0.25, 0.3) is 0 Å². The van der Waals surface area contributed by atoms with Crippen LogP contribution in [0.15, 0.2) is 29.4 Å². The second-order valence-electron chi connectivity index (χ2n) is 5.98. The number of benzene rings is 1. The Morgan fingerprint density at radius 3 is 2.74 bits per heavy atom. The van der Waals surface area contributed by atoms with Crippen LogP contribution in [0.2, 0.25) is 0 Å². The van der Waals surface area contributed by atoms with Gasteiger partial charge in [-0.25, -0.2) is 4.79 Å². The first-order valence-corrected chi connectivity index (χ1v) is 8.18. The molecule has 3 saturated heterocycles. The average Bonchev–Trinajstić information content (AvgIpc) is 2.56. The zero-order valence-corrected chi connectivity index (χ0v) is 13.6. The number of hydrogen-bond donors (Lipinski definition) is 3. The van der Waals surface area contributed by atoms with Gasteiger partial charge < -0.3 is 15.3 Å². The minimum absolute atomic E-state index is 0.217. The molecule has 7 heteroatoms. The van der Waals surface area contributed by atoms with Crippen molar-refractivity contribution in [2.24, 2.45) is 11.0 Å². The number of hydrogen-bond acceptors (Lipinski definition) is 4. The second kappa shape index (κ2) is 7.06. The van der Waals surface area contributed by atoms with Gasteiger partial charge in [0.15, 0.2) is 5.11 Å². The summed E-state index contributed by atoms with van der Waals surface area (Å²) < 4.78 is 0. The predicted molar refractivity (Wildman–Crippen MR) is 92.8 cm³/mol. The number of carboxylic acids is 1. The Morgan fingerprint density at radius 1 is 1.35 bits per heavy atom. The lowest BCUT2D eigenvalue weighted by molar-refractivity contribution is 0.0697. The van der Waals surface area contributed by atoms with Gasteiger partial charge in [0.1, 0.15) is 0 Å². The molecule has 4 rings (SSSR count). The van der Waals surface area contributed by atoms with E-state index in [0.29, 0.717) is 22.6 Å². The highest BCUT2D eigenvalue weighted by Gasteiger charge is 2.34. The average molecular weight is 332 g/mol. The van der Waals surface area contributed by atoms with E-state index in [9.17, 15) is 4.79 Å². The van der Waals surface area contributed by atoms with Crippen LogP contribution < -0.4 is 10.7 Å². The van der Waals surface area contributed by atoms with Gasteiger partial charge in [-0.1, -0.05) is 18.2 Å². The van der Waals surface area contributed by atoms with Crippen molar-refractivity contribution < 1.29 is 9.90 Å². The van der Waals surface area contributed by atoms with E-state index >= 15 is 0 Å². The minimum atomic E-state index is -0.972. The number of rotatable bonds is 4. The lowest BCUT2D eigenvalue weighted by Gasteiger charge is -2.45. The maximum absolute atomic E-state index is 11.1. The fourth-order valence-electron chi connectivity index (χ4n) is 3.29. The Labute approximate surface area is 140 Å². The zero-order valence-electron chi connectivity index (χ0n) is 12.7. The van der Waals surface area contributed by atoms with E-state index in [4.69, 9.17) is 17.3 Å². The fraction of sp³-hybridized carbons (Fsp3) is 0.438. The number of nitrogens with one attached hydrogen (secondary N) is 2. The van der Waals surface area contributed by atoms with Crippen LogP contribution in [0.5, 0.6) is 0 Å². The summed E-state index contributed by atoms with van der Waals surface area (Å²) >= 11 is 5.28. The standard InChI is InChI=1S/C16H20N4O2S/c21-15(22)13-4-2-1-3-12(13)9-17-19-16(23)18-14-10-20-7-5-11(14)6-8-20/h1-4,9,11,14H,5-8,10H2,(H,21,22)(H2,18,19,23)/b17-9+. The van der Waals surface area contributed by atoms with E-state index in [1.165, 1.54) is 32.1 Å². The Morgan fingerprint density at radius 2 is 2.09 bits per heavy atom. The molecule has 2 bridgehead atoms. The first-order chi connectivity index (χ1) is 11.1. The number of piperidine rings is 3. The third-order valence-corrected chi connectivity index (χ3v) is 4.74. The molecule has 3 aliphatic heterocycles. The quantitative estimate of drug-likeness (QED) is 0.438. The summed E-state index contributed by atoms with van der Waals surface area (Å²) in [6.45, 7) is 3.40. The first kappa shape index (κ1) is 15.9. The topological polar surface area (TPSA) is 77.0 Å². The van der Waals surface area contributed by atoms with Crippen molar-refractivity contribution in [3.05, 3.63) is 35.4 Å². The number of hydrazone groups is 1. The van der Waals surface area contributed by atoms with Gasteiger partial charge in [-0.15, -0.1) is 0 Å². The largest absolute Gasteiger partial charge is 0.478 e. The van der Waals surface area contributed by atoms with Crippen molar-refractivity contribution in [1.82, 2.24) is 15.6 Å². The van der Waals surface area contributed by atoms with Crippen molar-refractivity contribution in [1.29, 1.82) is 0 Å². The maximum atomic E-state index is 11.1. The molecule has 0 radical (unpaired) electrons. The van der Waals surface area contributed by atoms with E-state index in [-0.39, 0.29) is 5.56 Å². The summed E-state index contributed by atoms with van der Waals surface area (Å²) in [4.78, 5) is 13.6. The van der Waals surface area contributed by atoms with Gasteiger partial charge in [-0.05, 0) is 50.1 Å². The molecule has 0 aromatic heterocycles. The molecule has 3 fully saturated rings. The Balaban J connectivity index is 1.54. The van der Waals surface area contributed by atoms with Crippen LogP contribution in [0.4, 0.5) is 0 Å². The monoisotopic (exact) mass is 332 g/mol. The van der Waals surface area contributed by atoms with Crippen LogP contribution in [0.3, 0.4) is 0 Å². The highest BCUT2D eigenvalue weighted by Crippen LogP contribution is 2.27. The lowest BCUT2D eigenvalue weighted by atomic mass is 9.84.